The van der Waals surface area contributed by atoms with Crippen molar-refractivity contribution in [1.29, 1.82) is 0 Å². The monoisotopic (exact) mass is 374 g/mol. The van der Waals surface area contributed by atoms with Gasteiger partial charge in [-0.15, -0.1) is 0 Å². The molecule has 4 aliphatic carbocycles. The average Bonchev–Trinajstić information content (AvgIpc) is 2.97. The summed E-state index contributed by atoms with van der Waals surface area (Å²) in [6.07, 6.45) is 9.41. The van der Waals surface area contributed by atoms with Crippen molar-refractivity contribution in [3.63, 3.8) is 0 Å². The van der Waals surface area contributed by atoms with Crippen molar-refractivity contribution in [3.8, 4) is 0 Å². The van der Waals surface area contributed by atoms with Gasteiger partial charge in [-0.25, -0.2) is 0 Å². The van der Waals surface area contributed by atoms with Crippen molar-refractivity contribution in [3.05, 3.63) is 0 Å². The highest BCUT2D eigenvalue weighted by Crippen LogP contribution is 2.67. The van der Waals surface area contributed by atoms with Crippen LogP contribution in [0.15, 0.2) is 0 Å². The van der Waals surface area contributed by atoms with Crippen molar-refractivity contribution >= 4 is 17.5 Å². The molecule has 0 aliphatic heterocycles. The molecule has 0 bridgehead atoms. The van der Waals surface area contributed by atoms with Crippen LogP contribution < -0.4 is 0 Å². The van der Waals surface area contributed by atoms with Crippen LogP contribution in [-0.4, -0.2) is 24.1 Å². The van der Waals surface area contributed by atoms with Crippen molar-refractivity contribution in [2.24, 2.45) is 40.4 Å². The summed E-state index contributed by atoms with van der Waals surface area (Å²) in [6, 6.07) is 0. The Bertz CT molecular complexity index is 655. The van der Waals surface area contributed by atoms with E-state index in [1.54, 1.807) is 0 Å². The van der Waals surface area contributed by atoms with Crippen LogP contribution in [0.25, 0.3) is 0 Å². The molecule has 0 aromatic heterocycles. The molecule has 0 spiro atoms. The number of carbonyl (C=O) groups excluding carboxylic acids is 3. The van der Waals surface area contributed by atoms with Crippen molar-refractivity contribution in [1.82, 2.24) is 0 Å². The van der Waals surface area contributed by atoms with Gasteiger partial charge in [0.2, 0.25) is 0 Å². The van der Waals surface area contributed by atoms with Crippen LogP contribution in [0.5, 0.6) is 0 Å². The van der Waals surface area contributed by atoms with E-state index in [1.165, 1.54) is 26.2 Å². The van der Waals surface area contributed by atoms with Crippen LogP contribution in [0.2, 0.25) is 0 Å². The molecule has 0 N–H and O–H groups in total. The minimum atomic E-state index is -0.371. The van der Waals surface area contributed by atoms with Crippen LogP contribution >= 0.6 is 0 Å². The topological polar surface area (TPSA) is 60.4 Å². The van der Waals surface area contributed by atoms with E-state index >= 15 is 0 Å². The molecule has 0 heterocycles. The molecule has 0 saturated heterocycles. The second-order valence-electron chi connectivity index (χ2n) is 10.3. The van der Waals surface area contributed by atoms with Gasteiger partial charge in [0, 0.05) is 25.7 Å². The van der Waals surface area contributed by atoms with Crippen LogP contribution in [0.3, 0.4) is 0 Å². The number of ketones is 2. The smallest absolute Gasteiger partial charge is 0.303 e. The van der Waals surface area contributed by atoms with E-state index in [0.29, 0.717) is 34.9 Å². The highest BCUT2D eigenvalue weighted by Gasteiger charge is 2.61. The summed E-state index contributed by atoms with van der Waals surface area (Å²) in [4.78, 5) is 35.9. The second-order valence-corrected chi connectivity index (χ2v) is 10.3. The summed E-state index contributed by atoms with van der Waals surface area (Å²) in [6.45, 7) is 6.10. The van der Waals surface area contributed by atoms with Crippen LogP contribution in [0, 0.1) is 40.4 Å². The number of ether oxygens (including phenoxy) is 1. The Morgan fingerprint density at radius 1 is 1.00 bits per heavy atom. The number of hydrogen-bond acceptors (Lipinski definition) is 4. The Balaban J connectivity index is 1.53. The van der Waals surface area contributed by atoms with E-state index in [9.17, 15) is 14.4 Å². The number of esters is 1. The largest absolute Gasteiger partial charge is 0.458 e. The first-order chi connectivity index (χ1) is 12.8. The fourth-order valence-electron chi connectivity index (χ4n) is 7.85. The lowest BCUT2D eigenvalue weighted by atomic mass is 9.44. The van der Waals surface area contributed by atoms with Gasteiger partial charge in [0.15, 0.2) is 5.78 Å². The molecule has 0 radical (unpaired) electrons. The van der Waals surface area contributed by atoms with Crippen molar-refractivity contribution in [2.75, 3.05) is 6.61 Å². The zero-order valence-corrected chi connectivity index (χ0v) is 17.1. The minimum absolute atomic E-state index is 0.0428. The van der Waals surface area contributed by atoms with E-state index in [1.807, 2.05) is 0 Å². The Labute approximate surface area is 162 Å². The summed E-state index contributed by atoms with van der Waals surface area (Å²) in [5.74, 6) is 2.86. The van der Waals surface area contributed by atoms with E-state index in [-0.39, 0.29) is 29.7 Å². The van der Waals surface area contributed by atoms with Gasteiger partial charge in [-0.05, 0) is 79.4 Å². The van der Waals surface area contributed by atoms with Gasteiger partial charge in [-0.1, -0.05) is 13.8 Å². The highest BCUT2D eigenvalue weighted by molar-refractivity contribution is 5.85. The zero-order chi connectivity index (χ0) is 19.4. The summed E-state index contributed by atoms with van der Waals surface area (Å²) in [5.41, 5.74) is 0.379. The number of fused-ring (bicyclic) bond motifs is 5. The fraction of sp³-hybridized carbons (Fsp3) is 0.870. The average molecular weight is 375 g/mol. The number of Topliss-reactive ketones (excluding diaryl/α,β-unsaturated/α-hetero) is 2. The predicted molar refractivity (Wildman–Crippen MR) is 102 cm³/mol. The Morgan fingerprint density at radius 3 is 2.48 bits per heavy atom. The maximum Gasteiger partial charge on any atom is 0.303 e. The summed E-state index contributed by atoms with van der Waals surface area (Å²) in [7, 11) is 0. The lowest BCUT2D eigenvalue weighted by Gasteiger charge is -2.60. The first kappa shape index (κ1) is 19.1. The molecule has 0 aromatic rings. The maximum atomic E-state index is 12.8. The molecule has 27 heavy (non-hydrogen) atoms. The molecule has 4 rings (SSSR count). The molecule has 0 aromatic carbocycles. The molecule has 7 atom stereocenters. The van der Waals surface area contributed by atoms with Gasteiger partial charge in [0.25, 0.3) is 0 Å². The van der Waals surface area contributed by atoms with E-state index in [4.69, 9.17) is 4.74 Å². The molecular formula is C23H34O4. The van der Waals surface area contributed by atoms with Gasteiger partial charge in [-0.3, -0.25) is 14.4 Å². The van der Waals surface area contributed by atoms with Gasteiger partial charge in [0.05, 0.1) is 0 Å². The first-order valence-corrected chi connectivity index (χ1v) is 10.9. The Hall–Kier alpha value is -1.19. The minimum Gasteiger partial charge on any atom is -0.458 e. The van der Waals surface area contributed by atoms with Gasteiger partial charge < -0.3 is 4.74 Å². The molecule has 4 nitrogen and oxygen atoms in total. The summed E-state index contributed by atoms with van der Waals surface area (Å²) < 4.78 is 5.02. The Morgan fingerprint density at radius 2 is 1.74 bits per heavy atom. The van der Waals surface area contributed by atoms with Gasteiger partial charge in [-0.2, -0.15) is 0 Å². The third-order valence-corrected chi connectivity index (χ3v) is 9.29. The lowest BCUT2D eigenvalue weighted by molar-refractivity contribution is -0.151. The molecule has 0 unspecified atom stereocenters. The number of hydrogen-bond donors (Lipinski definition) is 0. The van der Waals surface area contributed by atoms with Crippen LogP contribution in [0.4, 0.5) is 0 Å². The lowest BCUT2D eigenvalue weighted by Crippen LogP contribution is -2.54. The highest BCUT2D eigenvalue weighted by atomic mass is 16.5. The second kappa shape index (κ2) is 6.70. The summed E-state index contributed by atoms with van der Waals surface area (Å²) >= 11 is 0. The number of carbonyl (C=O) groups is 3. The standard InChI is InChI=1S/C23H34O4/c1-14(24)27-13-21(26)20-7-6-18-17-5-4-15-12-16(25)8-10-22(15,2)19(17)9-11-23(18,20)3/h15,17-20H,4-13H2,1-3H3/t15-,17-,18-,19-,20-,22-,23-/m0/s1. The molecule has 4 saturated carbocycles. The quantitative estimate of drug-likeness (QED) is 0.689. The Kier molecular flexibility index (Phi) is 4.75. The predicted octanol–water partition coefficient (Wildman–Crippen LogP) is 4.35. The summed E-state index contributed by atoms with van der Waals surface area (Å²) in [5, 5.41) is 0. The van der Waals surface area contributed by atoms with Crippen molar-refractivity contribution in [2.45, 2.75) is 78.6 Å². The maximum absolute atomic E-state index is 12.8. The third kappa shape index (κ3) is 2.98. The van der Waals surface area contributed by atoms with Crippen LogP contribution in [-0.2, 0) is 19.1 Å². The van der Waals surface area contributed by atoms with E-state index in [2.05, 4.69) is 13.8 Å². The fourth-order valence-corrected chi connectivity index (χ4v) is 7.85. The zero-order valence-electron chi connectivity index (χ0n) is 17.1. The normalized spacial score (nSPS) is 46.2. The third-order valence-electron chi connectivity index (χ3n) is 9.29. The SMILES string of the molecule is CC(=O)OCC(=O)[C@@H]1CC[C@H]2[C@@H]3CC[C@H]4CC(=O)CC[C@]4(C)[C@H]3CC[C@]12C. The van der Waals surface area contributed by atoms with Crippen LogP contribution in [0.1, 0.15) is 78.6 Å². The van der Waals surface area contributed by atoms with E-state index in [0.717, 1.165) is 38.5 Å². The molecule has 4 aliphatic rings. The molecule has 4 heteroatoms. The van der Waals surface area contributed by atoms with E-state index < -0.39 is 0 Å². The first-order valence-electron chi connectivity index (χ1n) is 10.9. The molecule has 4 fully saturated rings. The van der Waals surface area contributed by atoms with Crippen molar-refractivity contribution < 1.29 is 19.1 Å². The molecule has 0 amide bonds. The molecular weight excluding hydrogens is 340 g/mol. The van der Waals surface area contributed by atoms with Gasteiger partial charge >= 0.3 is 5.97 Å². The van der Waals surface area contributed by atoms with Gasteiger partial charge in [0.1, 0.15) is 12.4 Å². The molecule has 150 valence electrons. The number of rotatable bonds is 3.